The Kier molecular flexibility index (Phi) is 4.28. The number of allylic oxidation sites excluding steroid dienone is 1. The van der Waals surface area contributed by atoms with E-state index in [0.29, 0.717) is 17.2 Å². The van der Waals surface area contributed by atoms with Crippen LogP contribution in [0.5, 0.6) is 5.75 Å². The maximum absolute atomic E-state index is 12.5. The van der Waals surface area contributed by atoms with Crippen molar-refractivity contribution in [3.63, 3.8) is 0 Å². The van der Waals surface area contributed by atoms with Gasteiger partial charge in [-0.15, -0.1) is 0 Å². The highest BCUT2D eigenvalue weighted by Crippen LogP contribution is 2.35. The summed E-state index contributed by atoms with van der Waals surface area (Å²) in [6.45, 7) is 5.48. The predicted octanol–water partition coefficient (Wildman–Crippen LogP) is 1.70. The summed E-state index contributed by atoms with van der Waals surface area (Å²) in [5, 5.41) is 14.6. The van der Waals surface area contributed by atoms with Crippen molar-refractivity contribution in [2.45, 2.75) is 13.0 Å². The van der Waals surface area contributed by atoms with Crippen LogP contribution in [0.4, 0.5) is 5.95 Å². The summed E-state index contributed by atoms with van der Waals surface area (Å²) in [7, 11) is 1.60. The molecule has 0 amide bonds. The maximum atomic E-state index is 12.5. The van der Waals surface area contributed by atoms with Crippen molar-refractivity contribution < 1.29 is 14.3 Å². The number of methoxy groups -OCH3 is 1. The Balaban J connectivity index is 2.06. The molecule has 0 saturated carbocycles. The fourth-order valence-electron chi connectivity index (χ4n) is 2.58. The lowest BCUT2D eigenvalue weighted by atomic mass is 9.96. The van der Waals surface area contributed by atoms with E-state index in [4.69, 9.17) is 9.47 Å². The van der Waals surface area contributed by atoms with Crippen molar-refractivity contribution in [3.05, 3.63) is 53.8 Å². The van der Waals surface area contributed by atoms with Gasteiger partial charge in [-0.2, -0.15) is 4.68 Å². The second-order valence-corrected chi connectivity index (χ2v) is 5.17. The molecule has 2 aromatic rings. The molecule has 0 saturated heterocycles. The maximum Gasteiger partial charge on any atom is 0.338 e. The lowest BCUT2D eigenvalue weighted by molar-refractivity contribution is -0.138. The van der Waals surface area contributed by atoms with E-state index < -0.39 is 12.0 Å². The number of rotatable bonds is 5. The molecule has 1 N–H and O–H groups in total. The molecule has 0 spiro atoms. The van der Waals surface area contributed by atoms with Crippen LogP contribution in [-0.2, 0) is 9.53 Å². The molecule has 1 aliphatic heterocycles. The first kappa shape index (κ1) is 15.7. The van der Waals surface area contributed by atoms with Crippen molar-refractivity contribution in [1.29, 1.82) is 0 Å². The van der Waals surface area contributed by atoms with Crippen molar-refractivity contribution >= 4 is 11.9 Å². The summed E-state index contributed by atoms with van der Waals surface area (Å²) in [6.07, 6.45) is 1.52. The Hall–Kier alpha value is -3.16. The van der Waals surface area contributed by atoms with Crippen LogP contribution in [0.2, 0.25) is 0 Å². The molecule has 1 aromatic heterocycles. The third kappa shape index (κ3) is 2.73. The molecule has 0 fully saturated rings. The topological polar surface area (TPSA) is 91.2 Å². The average molecular weight is 327 g/mol. The number of nitrogens with one attached hydrogen (secondary N) is 1. The fraction of sp³-hybridized carbons (Fsp3) is 0.250. The van der Waals surface area contributed by atoms with E-state index >= 15 is 0 Å². The lowest BCUT2D eigenvalue weighted by Gasteiger charge is -2.27. The minimum absolute atomic E-state index is 0.132. The van der Waals surface area contributed by atoms with Gasteiger partial charge in [0.15, 0.2) is 0 Å². The fourth-order valence-corrected chi connectivity index (χ4v) is 2.58. The van der Waals surface area contributed by atoms with Crippen LogP contribution in [0.3, 0.4) is 0 Å². The molecule has 8 nitrogen and oxygen atoms in total. The quantitative estimate of drug-likeness (QED) is 0.660. The molecule has 1 atom stereocenters. The van der Waals surface area contributed by atoms with Gasteiger partial charge in [0.2, 0.25) is 5.95 Å². The van der Waals surface area contributed by atoms with Crippen LogP contribution in [0.1, 0.15) is 18.5 Å². The first-order valence-corrected chi connectivity index (χ1v) is 7.33. The molecule has 0 bridgehead atoms. The number of benzene rings is 1. The number of nitrogens with zero attached hydrogens (tertiary/aromatic N) is 4. The van der Waals surface area contributed by atoms with E-state index in [2.05, 4.69) is 27.4 Å². The number of hydrogen-bond donors (Lipinski definition) is 1. The molecule has 1 aromatic carbocycles. The highest BCUT2D eigenvalue weighted by molar-refractivity contribution is 5.92. The van der Waals surface area contributed by atoms with Gasteiger partial charge in [-0.25, -0.2) is 4.79 Å². The summed E-state index contributed by atoms with van der Waals surface area (Å²) in [6, 6.07) is 6.90. The Bertz CT molecular complexity index is 794. The van der Waals surface area contributed by atoms with Crippen molar-refractivity contribution in [1.82, 2.24) is 20.2 Å². The molecular weight excluding hydrogens is 310 g/mol. The van der Waals surface area contributed by atoms with Crippen LogP contribution in [0.15, 0.2) is 48.2 Å². The standard InChI is InChI=1S/C16H17N5O3/c1-4-9-24-15(22)13-10(2)17-16-18-19-20-21(16)14(13)11-5-7-12(23-3)8-6-11/h4-8,14H,1,9H2,2-3H3,(H,17,18,20). The summed E-state index contributed by atoms with van der Waals surface area (Å²) >= 11 is 0. The van der Waals surface area contributed by atoms with Crippen LogP contribution in [0.25, 0.3) is 0 Å². The largest absolute Gasteiger partial charge is 0.497 e. The van der Waals surface area contributed by atoms with Gasteiger partial charge in [0, 0.05) is 5.70 Å². The van der Waals surface area contributed by atoms with E-state index in [-0.39, 0.29) is 6.61 Å². The SMILES string of the molecule is C=CCOC(=O)C1=C(C)Nc2nnnn2C1c1ccc(OC)cc1. The molecular formula is C16H17N5O3. The monoisotopic (exact) mass is 327 g/mol. The van der Waals surface area contributed by atoms with E-state index in [9.17, 15) is 4.79 Å². The summed E-state index contributed by atoms with van der Waals surface area (Å²) in [5.41, 5.74) is 1.93. The number of anilines is 1. The summed E-state index contributed by atoms with van der Waals surface area (Å²) in [5.74, 6) is 0.747. The van der Waals surface area contributed by atoms with Gasteiger partial charge in [-0.3, -0.25) is 0 Å². The number of aromatic nitrogens is 4. The summed E-state index contributed by atoms with van der Waals surface area (Å²) < 4.78 is 12.0. The van der Waals surface area contributed by atoms with Gasteiger partial charge in [-0.05, 0) is 35.0 Å². The number of esters is 1. The second-order valence-electron chi connectivity index (χ2n) is 5.17. The molecule has 8 heteroatoms. The van der Waals surface area contributed by atoms with E-state index in [1.807, 2.05) is 24.3 Å². The Morgan fingerprint density at radius 3 is 2.83 bits per heavy atom. The van der Waals surface area contributed by atoms with Crippen molar-refractivity contribution in [2.24, 2.45) is 0 Å². The zero-order valence-electron chi connectivity index (χ0n) is 13.4. The molecule has 1 unspecified atom stereocenters. The average Bonchev–Trinajstić information content (AvgIpc) is 3.06. The number of tetrazole rings is 1. The van der Waals surface area contributed by atoms with Gasteiger partial charge >= 0.3 is 5.97 Å². The zero-order chi connectivity index (χ0) is 17.1. The first-order chi connectivity index (χ1) is 11.7. The van der Waals surface area contributed by atoms with Crippen molar-refractivity contribution in [3.8, 4) is 5.75 Å². The minimum Gasteiger partial charge on any atom is -0.497 e. The first-order valence-electron chi connectivity index (χ1n) is 7.33. The second kappa shape index (κ2) is 6.53. The summed E-state index contributed by atoms with van der Waals surface area (Å²) in [4.78, 5) is 12.5. The number of carbonyl (C=O) groups is 1. The third-order valence-electron chi connectivity index (χ3n) is 3.70. The molecule has 3 rings (SSSR count). The van der Waals surface area contributed by atoms with E-state index in [0.717, 1.165) is 11.3 Å². The number of ether oxygens (including phenoxy) is 2. The van der Waals surface area contributed by atoms with Gasteiger partial charge in [0.25, 0.3) is 0 Å². The molecule has 124 valence electrons. The highest BCUT2D eigenvalue weighted by atomic mass is 16.5. The third-order valence-corrected chi connectivity index (χ3v) is 3.70. The van der Waals surface area contributed by atoms with E-state index in [1.165, 1.54) is 6.08 Å². The molecule has 2 heterocycles. The number of fused-ring (bicyclic) bond motifs is 1. The Morgan fingerprint density at radius 2 is 2.17 bits per heavy atom. The van der Waals surface area contributed by atoms with E-state index in [1.54, 1.807) is 18.7 Å². The highest BCUT2D eigenvalue weighted by Gasteiger charge is 2.34. The Morgan fingerprint density at radius 1 is 1.42 bits per heavy atom. The number of carbonyl (C=O) groups excluding carboxylic acids is 1. The van der Waals surface area contributed by atoms with Crippen LogP contribution in [0, 0.1) is 0 Å². The van der Waals surface area contributed by atoms with Crippen molar-refractivity contribution in [2.75, 3.05) is 19.0 Å². The normalized spacial score (nSPS) is 16.2. The minimum atomic E-state index is -0.487. The van der Waals surface area contributed by atoms with Crippen LogP contribution < -0.4 is 10.1 Å². The lowest BCUT2D eigenvalue weighted by Crippen LogP contribution is -2.29. The molecule has 0 aliphatic carbocycles. The van der Waals surface area contributed by atoms with Crippen LogP contribution in [-0.4, -0.2) is 39.9 Å². The molecule has 24 heavy (non-hydrogen) atoms. The van der Waals surface area contributed by atoms with Gasteiger partial charge in [0.1, 0.15) is 18.4 Å². The van der Waals surface area contributed by atoms with Gasteiger partial charge < -0.3 is 14.8 Å². The van der Waals surface area contributed by atoms with Gasteiger partial charge in [0.05, 0.1) is 12.7 Å². The predicted molar refractivity (Wildman–Crippen MR) is 86.4 cm³/mol. The molecule has 0 radical (unpaired) electrons. The molecule has 1 aliphatic rings. The van der Waals surface area contributed by atoms with Crippen LogP contribution >= 0.6 is 0 Å². The van der Waals surface area contributed by atoms with Gasteiger partial charge in [-0.1, -0.05) is 29.9 Å². The Labute approximate surface area is 138 Å². The zero-order valence-corrected chi connectivity index (χ0v) is 13.4. The number of hydrogen-bond acceptors (Lipinski definition) is 7. The smallest absolute Gasteiger partial charge is 0.338 e.